The fourth-order valence-electron chi connectivity index (χ4n) is 2.02. The monoisotopic (exact) mass is 240 g/mol. The molecule has 1 atom stereocenters. The van der Waals surface area contributed by atoms with Gasteiger partial charge in [-0.3, -0.25) is 4.98 Å². The van der Waals surface area contributed by atoms with Gasteiger partial charge in [0.15, 0.2) is 0 Å². The molecule has 3 rings (SSSR count). The average molecular weight is 240 g/mol. The standard InChI is InChI=1S/C14H12N2S/c15-14(10-6-8-17-9-10)12-5-7-16-13-4-2-1-3-11(12)13/h1-9,14H,15H2. The van der Waals surface area contributed by atoms with E-state index < -0.39 is 0 Å². The van der Waals surface area contributed by atoms with Crippen LogP contribution in [0.1, 0.15) is 17.2 Å². The van der Waals surface area contributed by atoms with Gasteiger partial charge in [0.05, 0.1) is 11.6 Å². The Morgan fingerprint density at radius 3 is 2.82 bits per heavy atom. The third kappa shape index (κ3) is 1.84. The number of thiophene rings is 1. The molecule has 3 aromatic rings. The van der Waals surface area contributed by atoms with E-state index in [1.54, 1.807) is 11.3 Å². The predicted molar refractivity (Wildman–Crippen MR) is 72.1 cm³/mol. The normalized spacial score (nSPS) is 12.8. The summed E-state index contributed by atoms with van der Waals surface area (Å²) in [7, 11) is 0. The molecule has 2 N–H and O–H groups in total. The van der Waals surface area contributed by atoms with Crippen LogP contribution in [-0.2, 0) is 0 Å². The second-order valence-electron chi connectivity index (χ2n) is 3.95. The summed E-state index contributed by atoms with van der Waals surface area (Å²) in [6.07, 6.45) is 1.82. The molecule has 0 radical (unpaired) electrons. The van der Waals surface area contributed by atoms with E-state index in [9.17, 15) is 0 Å². The minimum absolute atomic E-state index is 0.0749. The largest absolute Gasteiger partial charge is 0.320 e. The van der Waals surface area contributed by atoms with Gasteiger partial charge in [-0.05, 0) is 40.1 Å². The molecule has 0 aliphatic rings. The van der Waals surface area contributed by atoms with Crippen molar-refractivity contribution in [1.82, 2.24) is 4.98 Å². The maximum Gasteiger partial charge on any atom is 0.0705 e. The van der Waals surface area contributed by atoms with Crippen molar-refractivity contribution in [3.63, 3.8) is 0 Å². The molecule has 3 heteroatoms. The number of rotatable bonds is 2. The average Bonchev–Trinajstić information content (AvgIpc) is 2.91. The van der Waals surface area contributed by atoms with Crippen LogP contribution in [0, 0.1) is 0 Å². The van der Waals surface area contributed by atoms with Crippen LogP contribution in [0.5, 0.6) is 0 Å². The highest BCUT2D eigenvalue weighted by Crippen LogP contribution is 2.27. The van der Waals surface area contributed by atoms with Gasteiger partial charge in [0.2, 0.25) is 0 Å². The second-order valence-corrected chi connectivity index (χ2v) is 4.73. The molecule has 0 fully saturated rings. The fraction of sp³-hybridized carbons (Fsp3) is 0.0714. The van der Waals surface area contributed by atoms with Gasteiger partial charge < -0.3 is 5.73 Å². The molecule has 0 aliphatic heterocycles. The summed E-state index contributed by atoms with van der Waals surface area (Å²) in [6, 6.07) is 12.1. The molecule has 0 saturated heterocycles. The van der Waals surface area contributed by atoms with Gasteiger partial charge in [-0.1, -0.05) is 18.2 Å². The Morgan fingerprint density at radius 2 is 2.00 bits per heavy atom. The van der Waals surface area contributed by atoms with Crippen LogP contribution in [-0.4, -0.2) is 4.98 Å². The van der Waals surface area contributed by atoms with Gasteiger partial charge in [0.1, 0.15) is 0 Å². The first-order valence-electron chi connectivity index (χ1n) is 5.47. The van der Waals surface area contributed by atoms with Crippen molar-refractivity contribution < 1.29 is 0 Å². The van der Waals surface area contributed by atoms with E-state index in [4.69, 9.17) is 5.73 Å². The Kier molecular flexibility index (Phi) is 2.63. The molecule has 0 spiro atoms. The van der Waals surface area contributed by atoms with Crippen molar-refractivity contribution in [1.29, 1.82) is 0 Å². The van der Waals surface area contributed by atoms with E-state index in [-0.39, 0.29) is 6.04 Å². The van der Waals surface area contributed by atoms with E-state index in [1.165, 1.54) is 0 Å². The molecular weight excluding hydrogens is 228 g/mol. The zero-order valence-corrected chi connectivity index (χ0v) is 10.0. The Labute approximate surface area is 104 Å². The number of aromatic nitrogens is 1. The van der Waals surface area contributed by atoms with Gasteiger partial charge in [-0.15, -0.1) is 0 Å². The first kappa shape index (κ1) is 10.4. The maximum absolute atomic E-state index is 6.31. The SMILES string of the molecule is NC(c1ccsc1)c1ccnc2ccccc12. The van der Waals surface area contributed by atoms with Crippen LogP contribution in [0.15, 0.2) is 53.4 Å². The summed E-state index contributed by atoms with van der Waals surface area (Å²) >= 11 is 1.67. The smallest absolute Gasteiger partial charge is 0.0705 e. The third-order valence-electron chi connectivity index (χ3n) is 2.92. The van der Waals surface area contributed by atoms with Gasteiger partial charge in [0.25, 0.3) is 0 Å². The quantitative estimate of drug-likeness (QED) is 0.746. The topological polar surface area (TPSA) is 38.9 Å². The number of pyridine rings is 1. The molecule has 0 amide bonds. The number of nitrogens with two attached hydrogens (primary N) is 1. The lowest BCUT2D eigenvalue weighted by molar-refractivity contribution is 0.884. The van der Waals surface area contributed by atoms with Gasteiger partial charge >= 0.3 is 0 Å². The van der Waals surface area contributed by atoms with Gasteiger partial charge in [0, 0.05) is 11.6 Å². The summed E-state index contributed by atoms with van der Waals surface area (Å²) in [6.45, 7) is 0. The molecule has 2 heterocycles. The highest BCUT2D eigenvalue weighted by molar-refractivity contribution is 7.08. The number of hydrogen-bond acceptors (Lipinski definition) is 3. The Balaban J connectivity index is 2.17. The summed E-state index contributed by atoms with van der Waals surface area (Å²) in [4.78, 5) is 4.35. The molecule has 84 valence electrons. The summed E-state index contributed by atoms with van der Waals surface area (Å²) in [5.74, 6) is 0. The molecule has 1 aromatic carbocycles. The second kappa shape index (κ2) is 4.28. The van der Waals surface area contributed by atoms with Crippen molar-refractivity contribution in [3.05, 3.63) is 64.5 Å². The number of hydrogen-bond donors (Lipinski definition) is 1. The minimum Gasteiger partial charge on any atom is -0.320 e. The van der Waals surface area contributed by atoms with E-state index in [0.29, 0.717) is 0 Å². The van der Waals surface area contributed by atoms with Crippen LogP contribution >= 0.6 is 11.3 Å². The van der Waals surface area contributed by atoms with E-state index >= 15 is 0 Å². The van der Waals surface area contributed by atoms with Gasteiger partial charge in [-0.2, -0.15) is 11.3 Å². The van der Waals surface area contributed by atoms with E-state index in [1.807, 2.05) is 30.5 Å². The molecule has 0 saturated carbocycles. The van der Waals surface area contributed by atoms with Crippen molar-refractivity contribution in [2.75, 3.05) is 0 Å². The first-order valence-corrected chi connectivity index (χ1v) is 6.42. The predicted octanol–water partition coefficient (Wildman–Crippen LogP) is 3.34. The van der Waals surface area contributed by atoms with Crippen LogP contribution in [0.25, 0.3) is 10.9 Å². The molecular formula is C14H12N2S. The minimum atomic E-state index is -0.0749. The number of nitrogens with zero attached hydrogens (tertiary/aromatic N) is 1. The summed E-state index contributed by atoms with van der Waals surface area (Å²) < 4.78 is 0. The molecule has 0 bridgehead atoms. The number of fused-ring (bicyclic) bond motifs is 1. The van der Waals surface area contributed by atoms with Crippen molar-refractivity contribution >= 4 is 22.2 Å². The summed E-state index contributed by atoms with van der Waals surface area (Å²) in [5.41, 5.74) is 9.59. The number of para-hydroxylation sites is 1. The van der Waals surface area contributed by atoms with Crippen LogP contribution < -0.4 is 5.73 Å². The lowest BCUT2D eigenvalue weighted by atomic mass is 9.99. The molecule has 17 heavy (non-hydrogen) atoms. The van der Waals surface area contributed by atoms with Crippen molar-refractivity contribution in [2.24, 2.45) is 5.73 Å². The maximum atomic E-state index is 6.31. The van der Waals surface area contributed by atoms with Crippen LogP contribution in [0.3, 0.4) is 0 Å². The van der Waals surface area contributed by atoms with E-state index in [2.05, 4.69) is 27.9 Å². The van der Waals surface area contributed by atoms with Crippen molar-refractivity contribution in [2.45, 2.75) is 6.04 Å². The van der Waals surface area contributed by atoms with Crippen molar-refractivity contribution in [3.8, 4) is 0 Å². The summed E-state index contributed by atoms with van der Waals surface area (Å²) in [5, 5.41) is 5.28. The molecule has 2 nitrogen and oxygen atoms in total. The zero-order valence-electron chi connectivity index (χ0n) is 9.21. The fourth-order valence-corrected chi connectivity index (χ4v) is 2.72. The molecule has 2 aromatic heterocycles. The Morgan fingerprint density at radius 1 is 1.12 bits per heavy atom. The van der Waals surface area contributed by atoms with Crippen LogP contribution in [0.2, 0.25) is 0 Å². The highest BCUT2D eigenvalue weighted by atomic mass is 32.1. The first-order chi connectivity index (χ1) is 8.36. The van der Waals surface area contributed by atoms with Crippen LogP contribution in [0.4, 0.5) is 0 Å². The number of benzene rings is 1. The lowest BCUT2D eigenvalue weighted by Crippen LogP contribution is -2.11. The zero-order chi connectivity index (χ0) is 11.7. The Bertz CT molecular complexity index is 626. The molecule has 1 unspecified atom stereocenters. The van der Waals surface area contributed by atoms with Gasteiger partial charge in [-0.25, -0.2) is 0 Å². The molecule has 0 aliphatic carbocycles. The third-order valence-corrected chi connectivity index (χ3v) is 3.62. The Hall–Kier alpha value is -1.71. The lowest BCUT2D eigenvalue weighted by Gasteiger charge is -2.12. The van der Waals surface area contributed by atoms with E-state index in [0.717, 1.165) is 22.0 Å². The highest BCUT2D eigenvalue weighted by Gasteiger charge is 2.12.